The van der Waals surface area contributed by atoms with Gasteiger partial charge in [-0.2, -0.15) is 0 Å². The van der Waals surface area contributed by atoms with E-state index in [1.54, 1.807) is 0 Å². The number of aliphatic hydroxyl groups is 1. The van der Waals surface area contributed by atoms with E-state index in [-0.39, 0.29) is 25.7 Å². The van der Waals surface area contributed by atoms with Gasteiger partial charge in [-0.25, -0.2) is 9.13 Å². The van der Waals surface area contributed by atoms with Gasteiger partial charge in [0.25, 0.3) is 0 Å². The number of hydrogen-bond donors (Lipinski definition) is 3. The molecule has 3 unspecified atom stereocenters. The highest BCUT2D eigenvalue weighted by Gasteiger charge is 2.30. The van der Waals surface area contributed by atoms with E-state index >= 15 is 0 Å². The molecule has 0 spiro atoms. The van der Waals surface area contributed by atoms with Gasteiger partial charge in [0.2, 0.25) is 0 Å². The maximum absolute atomic E-state index is 13.1. The van der Waals surface area contributed by atoms with Crippen LogP contribution in [0.1, 0.15) is 389 Å². The molecule has 0 aromatic heterocycles. The first-order chi connectivity index (χ1) is 45.8. The number of ether oxygens (including phenoxy) is 4. The molecule has 0 fully saturated rings. The van der Waals surface area contributed by atoms with Gasteiger partial charge in [-0.1, -0.05) is 337 Å². The number of esters is 4. The van der Waals surface area contributed by atoms with Crippen molar-refractivity contribution >= 4 is 39.5 Å². The first-order valence-electron chi connectivity index (χ1n) is 39.4. The van der Waals surface area contributed by atoms with Crippen molar-refractivity contribution < 1.29 is 80.2 Å². The quantitative estimate of drug-likeness (QED) is 0.0222. The van der Waals surface area contributed by atoms with Gasteiger partial charge >= 0.3 is 39.5 Å². The molecule has 0 heterocycles. The minimum atomic E-state index is -4.96. The molecule has 0 aliphatic carbocycles. The van der Waals surface area contributed by atoms with Crippen molar-refractivity contribution in [2.75, 3.05) is 39.6 Å². The fraction of sp³-hybridized carbons (Fsp3) is 0.947. The van der Waals surface area contributed by atoms with Crippen LogP contribution < -0.4 is 0 Å². The number of aliphatic hydroxyl groups excluding tert-OH is 1. The Bertz CT molecular complexity index is 1850. The molecular formula is C76H148O17P2. The van der Waals surface area contributed by atoms with Crippen molar-refractivity contribution in [3.63, 3.8) is 0 Å². The highest BCUT2D eigenvalue weighted by molar-refractivity contribution is 7.47. The van der Waals surface area contributed by atoms with Gasteiger partial charge in [-0.3, -0.25) is 37.3 Å². The van der Waals surface area contributed by atoms with Crippen LogP contribution in [0.25, 0.3) is 0 Å². The van der Waals surface area contributed by atoms with Crippen molar-refractivity contribution in [2.45, 2.75) is 407 Å². The van der Waals surface area contributed by atoms with Crippen LogP contribution >= 0.6 is 15.6 Å². The van der Waals surface area contributed by atoms with Crippen molar-refractivity contribution in [1.29, 1.82) is 0 Å². The van der Waals surface area contributed by atoms with Crippen LogP contribution in [0.3, 0.4) is 0 Å². The van der Waals surface area contributed by atoms with Crippen LogP contribution in [0.2, 0.25) is 0 Å². The fourth-order valence-electron chi connectivity index (χ4n) is 11.6. The van der Waals surface area contributed by atoms with Gasteiger partial charge in [-0.05, 0) is 43.4 Å². The van der Waals surface area contributed by atoms with Crippen LogP contribution in [0.4, 0.5) is 0 Å². The molecule has 0 aliphatic heterocycles. The molecule has 0 rings (SSSR count). The summed E-state index contributed by atoms with van der Waals surface area (Å²) in [6.07, 6.45) is 52.6. The minimum Gasteiger partial charge on any atom is -0.462 e. The van der Waals surface area contributed by atoms with E-state index in [4.69, 9.17) is 37.0 Å². The van der Waals surface area contributed by atoms with Crippen LogP contribution in [0.5, 0.6) is 0 Å². The van der Waals surface area contributed by atoms with E-state index in [2.05, 4.69) is 48.5 Å². The van der Waals surface area contributed by atoms with Crippen molar-refractivity contribution in [3.05, 3.63) is 0 Å². The summed E-state index contributed by atoms with van der Waals surface area (Å²) in [5.41, 5.74) is 0. The Morgan fingerprint density at radius 3 is 0.800 bits per heavy atom. The SMILES string of the molecule is CCCCCCCCCCCCCCCC(=O)OC[C@H](COP(=O)(O)OC[C@@H](O)COP(=O)(O)OC[C@@H](COC(=O)CCCCCCCCCCC(C)CC)OC(=O)CCCCCCCCCCCC(C)C)OC(=O)CCCCCCCCCCCCCCCCCC(C)C. The highest BCUT2D eigenvalue weighted by atomic mass is 31.2. The number of phosphoric ester groups is 2. The van der Waals surface area contributed by atoms with Crippen LogP contribution in [-0.4, -0.2) is 96.7 Å². The maximum atomic E-state index is 13.1. The number of phosphoric acid groups is 2. The van der Waals surface area contributed by atoms with Crippen LogP contribution in [-0.2, 0) is 65.4 Å². The molecule has 95 heavy (non-hydrogen) atoms. The van der Waals surface area contributed by atoms with E-state index < -0.39 is 97.5 Å². The molecule has 0 saturated carbocycles. The lowest BCUT2D eigenvalue weighted by Gasteiger charge is -2.21. The van der Waals surface area contributed by atoms with E-state index in [1.165, 1.54) is 199 Å². The van der Waals surface area contributed by atoms with Gasteiger partial charge in [0.15, 0.2) is 12.2 Å². The van der Waals surface area contributed by atoms with Crippen molar-refractivity contribution in [3.8, 4) is 0 Å². The minimum absolute atomic E-state index is 0.105. The number of rotatable bonds is 74. The van der Waals surface area contributed by atoms with Crippen molar-refractivity contribution in [2.24, 2.45) is 17.8 Å². The zero-order chi connectivity index (χ0) is 70.1. The van der Waals surface area contributed by atoms with E-state index in [9.17, 15) is 43.2 Å². The second-order valence-electron chi connectivity index (χ2n) is 28.6. The molecule has 0 aromatic rings. The largest absolute Gasteiger partial charge is 0.472 e. The van der Waals surface area contributed by atoms with Gasteiger partial charge in [0.05, 0.1) is 26.4 Å². The zero-order valence-corrected chi connectivity index (χ0v) is 63.9. The average molecular weight is 1400 g/mol. The normalized spacial score (nSPS) is 14.4. The lowest BCUT2D eigenvalue weighted by Crippen LogP contribution is -2.30. The Kier molecular flexibility index (Phi) is 65.2. The first-order valence-corrected chi connectivity index (χ1v) is 42.4. The summed E-state index contributed by atoms with van der Waals surface area (Å²) in [6.45, 7) is 11.9. The predicted octanol–water partition coefficient (Wildman–Crippen LogP) is 22.2. The van der Waals surface area contributed by atoms with Gasteiger partial charge < -0.3 is 33.8 Å². The van der Waals surface area contributed by atoms with E-state index in [1.807, 2.05) is 0 Å². The summed E-state index contributed by atoms with van der Waals surface area (Å²) in [6, 6.07) is 0. The molecule has 3 N–H and O–H groups in total. The third kappa shape index (κ3) is 69.0. The number of carbonyl (C=O) groups excluding carboxylic acids is 4. The van der Waals surface area contributed by atoms with Gasteiger partial charge in [0.1, 0.15) is 19.3 Å². The summed E-state index contributed by atoms with van der Waals surface area (Å²) in [7, 11) is -9.91. The highest BCUT2D eigenvalue weighted by Crippen LogP contribution is 2.45. The third-order valence-electron chi connectivity index (χ3n) is 18.0. The first kappa shape index (κ1) is 93.1. The summed E-state index contributed by atoms with van der Waals surface area (Å²) < 4.78 is 68.5. The molecule has 0 bridgehead atoms. The Balaban J connectivity index is 5.25. The standard InChI is InChI=1S/C76H148O17P2/c1-8-10-11-12-13-14-15-19-23-28-36-43-50-57-73(78)86-63-71(92-75(80)59-52-45-38-29-24-21-18-16-17-20-22-26-33-40-47-54-67(3)4)65-90-94(82,83)88-61-70(77)62-89-95(84,85)91-66-72(93-76(81)60-53-46-39-30-25-27-34-41-48-55-68(5)6)64-87-74(79)58-51-44-37-32-31-35-42-49-56-69(7)9-2/h67-72,77H,8-66H2,1-7H3,(H,82,83)(H,84,85)/t69?,70-,71-,72-/m1/s1. The molecule has 0 saturated heterocycles. The Morgan fingerprint density at radius 1 is 0.305 bits per heavy atom. The number of hydrogen-bond acceptors (Lipinski definition) is 15. The Morgan fingerprint density at radius 2 is 0.537 bits per heavy atom. The number of unbranched alkanes of at least 4 members (excludes halogenated alkanes) is 41. The second kappa shape index (κ2) is 66.6. The average Bonchev–Trinajstić information content (AvgIpc) is 1.90. The van der Waals surface area contributed by atoms with Crippen LogP contribution in [0, 0.1) is 17.8 Å². The van der Waals surface area contributed by atoms with E-state index in [0.717, 1.165) is 108 Å². The Hall–Kier alpha value is -1.94. The molecule has 0 radical (unpaired) electrons. The predicted molar refractivity (Wildman–Crippen MR) is 386 cm³/mol. The fourth-order valence-corrected chi connectivity index (χ4v) is 13.1. The molecule has 17 nitrogen and oxygen atoms in total. The molecule has 0 aromatic carbocycles. The smallest absolute Gasteiger partial charge is 0.462 e. The lowest BCUT2D eigenvalue weighted by atomic mass is 9.99. The lowest BCUT2D eigenvalue weighted by molar-refractivity contribution is -0.161. The number of carbonyl (C=O) groups is 4. The summed E-state index contributed by atoms with van der Waals surface area (Å²) in [5.74, 6) is 0.199. The molecule has 19 heteroatoms. The molecule has 564 valence electrons. The second-order valence-corrected chi connectivity index (χ2v) is 31.5. The van der Waals surface area contributed by atoms with Gasteiger partial charge in [0, 0.05) is 25.7 Å². The monoisotopic (exact) mass is 1400 g/mol. The van der Waals surface area contributed by atoms with Crippen LogP contribution in [0.15, 0.2) is 0 Å². The molecule has 6 atom stereocenters. The summed E-state index contributed by atoms with van der Waals surface area (Å²) in [5, 5.41) is 10.6. The molecule has 0 amide bonds. The molecule has 0 aliphatic rings. The van der Waals surface area contributed by atoms with Crippen molar-refractivity contribution in [1.82, 2.24) is 0 Å². The van der Waals surface area contributed by atoms with Gasteiger partial charge in [-0.15, -0.1) is 0 Å². The van der Waals surface area contributed by atoms with E-state index in [0.29, 0.717) is 25.7 Å². The topological polar surface area (TPSA) is 237 Å². The maximum Gasteiger partial charge on any atom is 0.472 e. The zero-order valence-electron chi connectivity index (χ0n) is 62.1. The summed E-state index contributed by atoms with van der Waals surface area (Å²) in [4.78, 5) is 72.8. The summed E-state index contributed by atoms with van der Waals surface area (Å²) >= 11 is 0. The molecular weight excluding hydrogens is 1250 g/mol. The Labute approximate surface area is 581 Å². The third-order valence-corrected chi connectivity index (χ3v) is 19.9.